The Morgan fingerprint density at radius 3 is 2.26 bits per heavy atom. The highest BCUT2D eigenvalue weighted by atomic mass is 16.5. The van der Waals surface area contributed by atoms with Gasteiger partial charge in [-0.05, 0) is 29.8 Å². The minimum atomic E-state index is 0.461. The van der Waals surface area contributed by atoms with Crippen molar-refractivity contribution in [2.24, 2.45) is 0 Å². The minimum absolute atomic E-state index is 0.461. The predicted octanol–water partition coefficient (Wildman–Crippen LogP) is 5.61. The molecule has 0 N–H and O–H groups in total. The van der Waals surface area contributed by atoms with Gasteiger partial charge < -0.3 is 14.2 Å². The molecule has 0 atom stereocenters. The molecule has 4 rings (SSSR count). The van der Waals surface area contributed by atoms with Gasteiger partial charge in [-0.15, -0.1) is 0 Å². The molecule has 0 aliphatic carbocycles. The van der Waals surface area contributed by atoms with Gasteiger partial charge >= 0.3 is 0 Å². The lowest BCUT2D eigenvalue weighted by Crippen LogP contribution is -1.98. The molecular weight excluding hydrogens is 338 g/mol. The van der Waals surface area contributed by atoms with Crippen molar-refractivity contribution in [3.8, 4) is 23.0 Å². The van der Waals surface area contributed by atoms with Crippen molar-refractivity contribution in [2.75, 3.05) is 7.11 Å². The van der Waals surface area contributed by atoms with Crippen LogP contribution in [-0.4, -0.2) is 12.1 Å². The van der Waals surface area contributed by atoms with Crippen LogP contribution >= 0.6 is 0 Å². The monoisotopic (exact) mass is 357 g/mol. The largest absolute Gasteiger partial charge is 0.493 e. The average Bonchev–Trinajstić information content (AvgIpc) is 2.73. The van der Waals surface area contributed by atoms with E-state index in [-0.39, 0.29) is 0 Å². The van der Waals surface area contributed by atoms with E-state index in [1.165, 1.54) is 0 Å². The van der Waals surface area contributed by atoms with Crippen LogP contribution in [0.15, 0.2) is 85.1 Å². The van der Waals surface area contributed by atoms with Crippen molar-refractivity contribution in [1.82, 2.24) is 4.98 Å². The number of aromatic nitrogens is 1. The van der Waals surface area contributed by atoms with Gasteiger partial charge in [-0.2, -0.15) is 0 Å². The number of ether oxygens (including phenoxy) is 3. The molecule has 0 amide bonds. The van der Waals surface area contributed by atoms with E-state index in [0.717, 1.165) is 28.0 Å². The van der Waals surface area contributed by atoms with Gasteiger partial charge in [-0.1, -0.05) is 48.5 Å². The Balaban J connectivity index is 1.66. The molecule has 0 bridgehead atoms. The van der Waals surface area contributed by atoms with Crippen molar-refractivity contribution in [1.29, 1.82) is 0 Å². The highest BCUT2D eigenvalue weighted by Gasteiger charge is 2.12. The molecule has 0 aliphatic rings. The molecule has 0 fully saturated rings. The van der Waals surface area contributed by atoms with Gasteiger partial charge in [0.1, 0.15) is 18.1 Å². The molecule has 4 nitrogen and oxygen atoms in total. The first kappa shape index (κ1) is 16.9. The van der Waals surface area contributed by atoms with Crippen molar-refractivity contribution in [3.05, 3.63) is 90.6 Å². The van der Waals surface area contributed by atoms with E-state index >= 15 is 0 Å². The van der Waals surface area contributed by atoms with Crippen LogP contribution in [0.3, 0.4) is 0 Å². The molecule has 134 valence electrons. The summed E-state index contributed by atoms with van der Waals surface area (Å²) < 4.78 is 17.5. The maximum Gasteiger partial charge on any atom is 0.163 e. The number of hydrogen-bond donors (Lipinski definition) is 0. The fraction of sp³-hybridized carbons (Fsp3) is 0.0870. The number of para-hydroxylation sites is 1. The Kier molecular flexibility index (Phi) is 4.88. The van der Waals surface area contributed by atoms with Gasteiger partial charge in [0.15, 0.2) is 11.5 Å². The molecule has 4 heteroatoms. The first-order chi connectivity index (χ1) is 13.3. The topological polar surface area (TPSA) is 40.6 Å². The molecule has 0 saturated carbocycles. The summed E-state index contributed by atoms with van der Waals surface area (Å²) in [6, 6.07) is 25.3. The lowest BCUT2D eigenvalue weighted by Gasteiger charge is -2.14. The van der Waals surface area contributed by atoms with E-state index in [1.54, 1.807) is 13.3 Å². The number of hydrogen-bond acceptors (Lipinski definition) is 4. The fourth-order valence-electron chi connectivity index (χ4n) is 2.84. The van der Waals surface area contributed by atoms with Crippen LogP contribution in [0.4, 0.5) is 0 Å². The number of pyridine rings is 1. The van der Waals surface area contributed by atoms with E-state index < -0.39 is 0 Å². The Morgan fingerprint density at radius 1 is 0.778 bits per heavy atom. The summed E-state index contributed by atoms with van der Waals surface area (Å²) in [5.74, 6) is 2.79. The molecule has 0 radical (unpaired) electrons. The number of fused-ring (bicyclic) bond motifs is 1. The van der Waals surface area contributed by atoms with Crippen molar-refractivity contribution >= 4 is 10.9 Å². The Morgan fingerprint density at radius 2 is 1.52 bits per heavy atom. The Bertz CT molecular complexity index is 1030. The van der Waals surface area contributed by atoms with Gasteiger partial charge in [0.05, 0.1) is 12.6 Å². The first-order valence-electron chi connectivity index (χ1n) is 8.70. The molecule has 0 aliphatic heterocycles. The summed E-state index contributed by atoms with van der Waals surface area (Å²) in [6.07, 6.45) is 1.73. The quantitative estimate of drug-likeness (QED) is 0.449. The summed E-state index contributed by atoms with van der Waals surface area (Å²) in [6.45, 7) is 0.461. The first-order valence-corrected chi connectivity index (χ1v) is 8.70. The van der Waals surface area contributed by atoms with E-state index in [0.29, 0.717) is 18.1 Å². The second-order valence-electron chi connectivity index (χ2n) is 6.02. The molecule has 0 spiro atoms. The summed E-state index contributed by atoms with van der Waals surface area (Å²) in [4.78, 5) is 4.46. The van der Waals surface area contributed by atoms with Crippen LogP contribution in [0.2, 0.25) is 0 Å². The summed E-state index contributed by atoms with van der Waals surface area (Å²) in [5, 5.41) is 0.866. The van der Waals surface area contributed by atoms with Crippen LogP contribution in [0.5, 0.6) is 23.0 Å². The van der Waals surface area contributed by atoms with Crippen LogP contribution in [0.25, 0.3) is 10.9 Å². The van der Waals surface area contributed by atoms with Crippen molar-refractivity contribution < 1.29 is 14.2 Å². The zero-order valence-electron chi connectivity index (χ0n) is 15.0. The van der Waals surface area contributed by atoms with E-state index in [2.05, 4.69) is 4.98 Å². The Labute approximate surface area is 158 Å². The van der Waals surface area contributed by atoms with Gasteiger partial charge in [0, 0.05) is 17.6 Å². The van der Waals surface area contributed by atoms with Crippen molar-refractivity contribution in [3.63, 3.8) is 0 Å². The van der Waals surface area contributed by atoms with Gasteiger partial charge in [0.2, 0.25) is 0 Å². The van der Waals surface area contributed by atoms with Crippen LogP contribution in [0, 0.1) is 0 Å². The van der Waals surface area contributed by atoms with E-state index in [1.807, 2.05) is 78.9 Å². The minimum Gasteiger partial charge on any atom is -0.493 e. The average molecular weight is 357 g/mol. The highest BCUT2D eigenvalue weighted by molar-refractivity contribution is 5.88. The number of benzene rings is 3. The molecule has 0 unspecified atom stereocenters. The van der Waals surface area contributed by atoms with E-state index in [4.69, 9.17) is 14.2 Å². The van der Waals surface area contributed by atoms with Gasteiger partial charge in [-0.3, -0.25) is 4.98 Å². The molecule has 4 aromatic rings. The van der Waals surface area contributed by atoms with Crippen LogP contribution in [-0.2, 0) is 6.61 Å². The standard InChI is InChI=1S/C23H19NO3/c1-25-22-14-19-20(15-23(22)26-16-17-8-4-2-5-9-17)24-13-12-21(19)27-18-10-6-3-7-11-18/h2-15H,16H2,1H3. The number of methoxy groups -OCH3 is 1. The third-order valence-electron chi connectivity index (χ3n) is 4.20. The molecule has 27 heavy (non-hydrogen) atoms. The predicted molar refractivity (Wildman–Crippen MR) is 106 cm³/mol. The lowest BCUT2D eigenvalue weighted by molar-refractivity contribution is 0.285. The van der Waals surface area contributed by atoms with Gasteiger partial charge in [0.25, 0.3) is 0 Å². The second kappa shape index (κ2) is 7.79. The molecule has 3 aromatic carbocycles. The highest BCUT2D eigenvalue weighted by Crippen LogP contribution is 2.37. The van der Waals surface area contributed by atoms with Crippen LogP contribution < -0.4 is 14.2 Å². The van der Waals surface area contributed by atoms with Gasteiger partial charge in [-0.25, -0.2) is 0 Å². The summed E-state index contributed by atoms with van der Waals surface area (Å²) in [5.41, 5.74) is 1.88. The fourth-order valence-corrected chi connectivity index (χ4v) is 2.84. The number of nitrogens with zero attached hydrogens (tertiary/aromatic N) is 1. The van der Waals surface area contributed by atoms with E-state index in [9.17, 15) is 0 Å². The zero-order chi connectivity index (χ0) is 18.5. The molecular formula is C23H19NO3. The molecule has 0 saturated heterocycles. The number of rotatable bonds is 6. The third kappa shape index (κ3) is 3.85. The zero-order valence-corrected chi connectivity index (χ0v) is 15.0. The Hall–Kier alpha value is -3.53. The summed E-state index contributed by atoms with van der Waals surface area (Å²) in [7, 11) is 1.63. The maximum absolute atomic E-state index is 6.02. The van der Waals surface area contributed by atoms with Crippen LogP contribution in [0.1, 0.15) is 5.56 Å². The SMILES string of the molecule is COc1cc2c(Oc3ccccc3)ccnc2cc1OCc1ccccc1. The smallest absolute Gasteiger partial charge is 0.163 e. The molecule has 1 heterocycles. The maximum atomic E-state index is 6.02. The third-order valence-corrected chi connectivity index (χ3v) is 4.20. The second-order valence-corrected chi connectivity index (χ2v) is 6.02. The van der Waals surface area contributed by atoms with Crippen molar-refractivity contribution in [2.45, 2.75) is 6.61 Å². The summed E-state index contributed by atoms with van der Waals surface area (Å²) >= 11 is 0. The normalized spacial score (nSPS) is 10.6. The lowest BCUT2D eigenvalue weighted by atomic mass is 10.1. The molecule has 1 aromatic heterocycles.